The van der Waals surface area contributed by atoms with Crippen molar-refractivity contribution in [1.29, 1.82) is 0 Å². The van der Waals surface area contributed by atoms with Gasteiger partial charge in [0, 0.05) is 17.1 Å². The lowest BCUT2D eigenvalue weighted by Crippen LogP contribution is -2.38. The fourth-order valence-corrected chi connectivity index (χ4v) is 2.86. The maximum atomic E-state index is 5.91. The molecular formula is C15H22ClN. The van der Waals surface area contributed by atoms with Crippen LogP contribution in [-0.4, -0.2) is 6.04 Å². The number of rotatable bonds is 3. The van der Waals surface area contributed by atoms with Crippen LogP contribution in [0.25, 0.3) is 0 Å². The van der Waals surface area contributed by atoms with Gasteiger partial charge >= 0.3 is 0 Å². The van der Waals surface area contributed by atoms with Gasteiger partial charge in [-0.05, 0) is 43.4 Å². The zero-order valence-corrected chi connectivity index (χ0v) is 11.5. The highest BCUT2D eigenvalue weighted by Crippen LogP contribution is 2.26. The minimum absolute atomic E-state index is 0.415. The van der Waals surface area contributed by atoms with Crippen LogP contribution < -0.4 is 5.32 Å². The summed E-state index contributed by atoms with van der Waals surface area (Å²) >= 11 is 5.91. The maximum Gasteiger partial charge on any atom is 0.0406 e. The SMILES string of the molecule is CC1CCCCC1N[C@@H](C)c1ccc(Cl)cc1. The van der Waals surface area contributed by atoms with Crippen molar-refractivity contribution in [3.8, 4) is 0 Å². The first kappa shape index (κ1) is 12.9. The van der Waals surface area contributed by atoms with E-state index in [2.05, 4.69) is 31.3 Å². The van der Waals surface area contributed by atoms with Gasteiger partial charge in [0.1, 0.15) is 0 Å². The molecule has 0 amide bonds. The average molecular weight is 252 g/mol. The van der Waals surface area contributed by atoms with E-state index in [1.807, 2.05) is 12.1 Å². The van der Waals surface area contributed by atoms with Crippen molar-refractivity contribution in [1.82, 2.24) is 5.32 Å². The number of hydrogen-bond acceptors (Lipinski definition) is 1. The van der Waals surface area contributed by atoms with Gasteiger partial charge in [0.05, 0.1) is 0 Å². The normalized spacial score (nSPS) is 26.8. The van der Waals surface area contributed by atoms with E-state index in [9.17, 15) is 0 Å². The molecule has 1 saturated carbocycles. The lowest BCUT2D eigenvalue weighted by atomic mass is 9.85. The predicted molar refractivity (Wildman–Crippen MR) is 74.4 cm³/mol. The van der Waals surface area contributed by atoms with Crippen LogP contribution in [0.1, 0.15) is 51.1 Å². The van der Waals surface area contributed by atoms with Crippen molar-refractivity contribution < 1.29 is 0 Å². The number of halogens is 1. The van der Waals surface area contributed by atoms with E-state index < -0.39 is 0 Å². The molecule has 0 saturated heterocycles. The van der Waals surface area contributed by atoms with Crippen LogP contribution in [0.3, 0.4) is 0 Å². The Hall–Kier alpha value is -0.530. The Morgan fingerprint density at radius 3 is 2.47 bits per heavy atom. The highest BCUT2D eigenvalue weighted by molar-refractivity contribution is 6.30. The van der Waals surface area contributed by atoms with Gasteiger partial charge < -0.3 is 5.32 Å². The van der Waals surface area contributed by atoms with Crippen molar-refractivity contribution >= 4 is 11.6 Å². The molecule has 2 heteroatoms. The van der Waals surface area contributed by atoms with Crippen LogP contribution >= 0.6 is 11.6 Å². The van der Waals surface area contributed by atoms with Crippen LogP contribution in [0.2, 0.25) is 5.02 Å². The summed E-state index contributed by atoms with van der Waals surface area (Å²) in [6.45, 7) is 4.61. The molecule has 0 aliphatic heterocycles. The number of nitrogens with one attached hydrogen (secondary N) is 1. The summed E-state index contributed by atoms with van der Waals surface area (Å²) in [5.74, 6) is 0.804. The molecule has 1 nitrogen and oxygen atoms in total. The molecule has 0 bridgehead atoms. The monoisotopic (exact) mass is 251 g/mol. The maximum absolute atomic E-state index is 5.91. The third kappa shape index (κ3) is 3.46. The summed E-state index contributed by atoms with van der Waals surface area (Å²) in [7, 11) is 0. The van der Waals surface area contributed by atoms with Gasteiger partial charge in [-0.25, -0.2) is 0 Å². The minimum atomic E-state index is 0.415. The van der Waals surface area contributed by atoms with Gasteiger partial charge in [-0.3, -0.25) is 0 Å². The van der Waals surface area contributed by atoms with E-state index in [0.717, 1.165) is 10.9 Å². The van der Waals surface area contributed by atoms with Gasteiger partial charge in [0.15, 0.2) is 0 Å². The van der Waals surface area contributed by atoms with Gasteiger partial charge in [0.2, 0.25) is 0 Å². The van der Waals surface area contributed by atoms with Gasteiger partial charge in [-0.15, -0.1) is 0 Å². The predicted octanol–water partition coefficient (Wildman–Crippen LogP) is 4.57. The second-order valence-corrected chi connectivity index (χ2v) is 5.74. The fourth-order valence-electron chi connectivity index (χ4n) is 2.73. The van der Waals surface area contributed by atoms with E-state index in [1.165, 1.54) is 31.2 Å². The first-order valence-corrected chi connectivity index (χ1v) is 7.06. The molecule has 1 N–H and O–H groups in total. The number of hydrogen-bond donors (Lipinski definition) is 1. The summed E-state index contributed by atoms with van der Waals surface area (Å²) < 4.78 is 0. The first-order valence-electron chi connectivity index (χ1n) is 6.68. The Bertz CT molecular complexity index is 346. The Kier molecular flexibility index (Phi) is 4.47. The van der Waals surface area contributed by atoms with E-state index in [-0.39, 0.29) is 0 Å². The third-order valence-electron chi connectivity index (χ3n) is 3.95. The average Bonchev–Trinajstić information content (AvgIpc) is 2.33. The Balaban J connectivity index is 1.95. The largest absolute Gasteiger partial charge is 0.307 e. The van der Waals surface area contributed by atoms with Crippen molar-refractivity contribution in [2.75, 3.05) is 0 Å². The lowest BCUT2D eigenvalue weighted by Gasteiger charge is -2.32. The molecule has 94 valence electrons. The molecule has 1 aromatic rings. The van der Waals surface area contributed by atoms with E-state index in [4.69, 9.17) is 11.6 Å². The van der Waals surface area contributed by atoms with Crippen molar-refractivity contribution in [3.63, 3.8) is 0 Å². The molecule has 0 heterocycles. The topological polar surface area (TPSA) is 12.0 Å². The highest BCUT2D eigenvalue weighted by Gasteiger charge is 2.22. The molecule has 1 aromatic carbocycles. The van der Waals surface area contributed by atoms with Gasteiger partial charge in [0.25, 0.3) is 0 Å². The van der Waals surface area contributed by atoms with Crippen LogP contribution in [0.15, 0.2) is 24.3 Å². The molecule has 0 spiro atoms. The Morgan fingerprint density at radius 2 is 1.82 bits per heavy atom. The van der Waals surface area contributed by atoms with Crippen LogP contribution in [0.4, 0.5) is 0 Å². The molecule has 1 aliphatic carbocycles. The van der Waals surface area contributed by atoms with E-state index in [0.29, 0.717) is 12.1 Å². The lowest BCUT2D eigenvalue weighted by molar-refractivity contribution is 0.263. The summed E-state index contributed by atoms with van der Waals surface area (Å²) in [6, 6.07) is 9.27. The van der Waals surface area contributed by atoms with Gasteiger partial charge in [-0.1, -0.05) is 43.5 Å². The van der Waals surface area contributed by atoms with Crippen LogP contribution in [-0.2, 0) is 0 Å². The fraction of sp³-hybridized carbons (Fsp3) is 0.600. The van der Waals surface area contributed by atoms with Crippen molar-refractivity contribution in [2.45, 2.75) is 51.6 Å². The summed E-state index contributed by atoms with van der Waals surface area (Å²) in [5.41, 5.74) is 1.33. The molecule has 1 aliphatic rings. The quantitative estimate of drug-likeness (QED) is 0.830. The molecule has 2 unspecified atom stereocenters. The molecule has 0 radical (unpaired) electrons. The van der Waals surface area contributed by atoms with Crippen molar-refractivity contribution in [3.05, 3.63) is 34.9 Å². The first-order chi connectivity index (χ1) is 8.16. The molecule has 1 fully saturated rings. The number of benzene rings is 1. The molecule has 2 rings (SSSR count). The molecule has 0 aromatic heterocycles. The summed E-state index contributed by atoms with van der Waals surface area (Å²) in [4.78, 5) is 0. The zero-order valence-electron chi connectivity index (χ0n) is 10.7. The minimum Gasteiger partial charge on any atom is -0.307 e. The second kappa shape index (κ2) is 5.88. The molecule has 3 atom stereocenters. The van der Waals surface area contributed by atoms with Crippen LogP contribution in [0, 0.1) is 5.92 Å². The Morgan fingerprint density at radius 1 is 1.18 bits per heavy atom. The van der Waals surface area contributed by atoms with Gasteiger partial charge in [-0.2, -0.15) is 0 Å². The molecule has 17 heavy (non-hydrogen) atoms. The Labute approximate surface area is 110 Å². The standard InChI is InChI=1S/C15H22ClN/c1-11-5-3-4-6-15(11)17-12(2)13-7-9-14(16)10-8-13/h7-12,15,17H,3-6H2,1-2H3/t11?,12-,15?/m0/s1. The summed E-state index contributed by atoms with van der Waals surface area (Å²) in [6.07, 6.45) is 5.45. The second-order valence-electron chi connectivity index (χ2n) is 5.31. The third-order valence-corrected chi connectivity index (χ3v) is 4.20. The van der Waals surface area contributed by atoms with Crippen molar-refractivity contribution in [2.24, 2.45) is 5.92 Å². The highest BCUT2D eigenvalue weighted by atomic mass is 35.5. The van der Waals surface area contributed by atoms with E-state index in [1.54, 1.807) is 0 Å². The smallest absolute Gasteiger partial charge is 0.0406 e. The zero-order chi connectivity index (χ0) is 12.3. The van der Waals surface area contributed by atoms with Crippen LogP contribution in [0.5, 0.6) is 0 Å². The van der Waals surface area contributed by atoms with E-state index >= 15 is 0 Å². The summed E-state index contributed by atoms with van der Waals surface area (Å²) in [5, 5.41) is 4.57. The molecular weight excluding hydrogens is 230 g/mol.